The quantitative estimate of drug-likeness (QED) is 0.690. The van der Waals surface area contributed by atoms with E-state index in [-0.39, 0.29) is 17.9 Å². The molecule has 0 radical (unpaired) electrons. The molecule has 1 aliphatic carbocycles. The average molecular weight is 441 g/mol. The van der Waals surface area contributed by atoms with Crippen molar-refractivity contribution in [2.45, 2.75) is 56.4 Å². The molecule has 1 saturated heterocycles. The Labute approximate surface area is 185 Å². The molecule has 2 aromatic rings. The third kappa shape index (κ3) is 5.01. The zero-order valence-electron chi connectivity index (χ0n) is 18.3. The van der Waals surface area contributed by atoms with E-state index in [4.69, 9.17) is 0 Å². The summed E-state index contributed by atoms with van der Waals surface area (Å²) in [6, 6.07) is 17.4. The molecule has 2 aliphatic rings. The Hall–Kier alpha value is -2.18. The largest absolute Gasteiger partial charge is 0.349 e. The van der Waals surface area contributed by atoms with E-state index in [0.717, 1.165) is 24.0 Å². The summed E-state index contributed by atoms with van der Waals surface area (Å²) in [5.41, 5.74) is 2.28. The second-order valence-corrected chi connectivity index (χ2v) is 11.1. The minimum atomic E-state index is -3.52. The third-order valence-electron chi connectivity index (χ3n) is 6.56. The summed E-state index contributed by atoms with van der Waals surface area (Å²) in [5.74, 6) is 0.792. The van der Waals surface area contributed by atoms with Crippen LogP contribution >= 0.6 is 0 Å². The predicted octanol–water partition coefficient (Wildman–Crippen LogP) is 4.48. The van der Waals surface area contributed by atoms with E-state index in [2.05, 4.69) is 31.3 Å². The summed E-state index contributed by atoms with van der Waals surface area (Å²) >= 11 is 0. The highest BCUT2D eigenvalue weighted by Crippen LogP contribution is 2.41. The lowest BCUT2D eigenvalue weighted by Gasteiger charge is -2.31. The van der Waals surface area contributed by atoms with Gasteiger partial charge < -0.3 is 5.32 Å². The molecule has 0 bridgehead atoms. The maximum absolute atomic E-state index is 13.0. The monoisotopic (exact) mass is 440 g/mol. The van der Waals surface area contributed by atoms with Crippen LogP contribution in [-0.4, -0.2) is 31.7 Å². The van der Waals surface area contributed by atoms with Crippen molar-refractivity contribution in [1.82, 2.24) is 9.62 Å². The molecule has 1 saturated carbocycles. The van der Waals surface area contributed by atoms with Crippen LogP contribution in [0.2, 0.25) is 0 Å². The lowest BCUT2D eigenvalue weighted by molar-refractivity contribution is -0.127. The van der Waals surface area contributed by atoms with E-state index >= 15 is 0 Å². The molecular weight excluding hydrogens is 408 g/mol. The molecule has 1 heterocycles. The Morgan fingerprint density at radius 3 is 2.06 bits per heavy atom. The number of hydrogen-bond donors (Lipinski definition) is 1. The summed E-state index contributed by atoms with van der Waals surface area (Å²) in [7, 11) is -3.52. The highest BCUT2D eigenvalue weighted by atomic mass is 32.2. The molecule has 0 spiro atoms. The van der Waals surface area contributed by atoms with Crippen molar-refractivity contribution >= 4 is 15.9 Å². The molecule has 2 aromatic carbocycles. The van der Waals surface area contributed by atoms with Gasteiger partial charge in [-0.05, 0) is 60.8 Å². The average Bonchev–Trinajstić information content (AvgIpc) is 3.63. The highest BCUT2D eigenvalue weighted by Gasteiger charge is 2.36. The number of piperidine rings is 1. The number of nitrogens with zero attached hydrogens (tertiary/aromatic N) is 1. The van der Waals surface area contributed by atoms with Gasteiger partial charge in [-0.2, -0.15) is 4.31 Å². The number of carbonyl (C=O) groups excluding carboxylic acids is 1. The Kier molecular flexibility index (Phi) is 6.49. The van der Waals surface area contributed by atoms with Gasteiger partial charge in [-0.3, -0.25) is 4.79 Å². The van der Waals surface area contributed by atoms with Crippen LogP contribution < -0.4 is 5.32 Å². The van der Waals surface area contributed by atoms with E-state index in [0.29, 0.717) is 42.7 Å². The maximum Gasteiger partial charge on any atom is 0.243 e. The van der Waals surface area contributed by atoms with Gasteiger partial charge in [-0.15, -0.1) is 0 Å². The standard InChI is InChI=1S/C25H32N2O3S/c1-18(2)19-10-12-23(13-11-19)31(29,30)27-16-14-22(15-17-27)25(28)26-24(21-8-9-21)20-6-4-3-5-7-20/h3-7,10-13,18,21-22,24H,8-9,14-17H2,1-2H3,(H,26,28)/t24-/m1/s1. The Balaban J connectivity index is 1.37. The van der Waals surface area contributed by atoms with Gasteiger partial charge >= 0.3 is 0 Å². The van der Waals surface area contributed by atoms with Crippen LogP contribution in [0.4, 0.5) is 0 Å². The minimum absolute atomic E-state index is 0.0547. The van der Waals surface area contributed by atoms with Gasteiger partial charge in [0.05, 0.1) is 10.9 Å². The number of hydrogen-bond acceptors (Lipinski definition) is 3. The topological polar surface area (TPSA) is 66.5 Å². The Morgan fingerprint density at radius 1 is 0.903 bits per heavy atom. The van der Waals surface area contributed by atoms with Crippen LogP contribution in [0.15, 0.2) is 59.5 Å². The van der Waals surface area contributed by atoms with Crippen molar-refractivity contribution in [3.63, 3.8) is 0 Å². The number of rotatable bonds is 7. The molecule has 0 aromatic heterocycles. The van der Waals surface area contributed by atoms with Crippen molar-refractivity contribution in [2.75, 3.05) is 13.1 Å². The zero-order chi connectivity index (χ0) is 22.0. The first-order valence-corrected chi connectivity index (χ1v) is 12.8. The van der Waals surface area contributed by atoms with Gasteiger partial charge in [0, 0.05) is 19.0 Å². The molecule has 1 N–H and O–H groups in total. The van der Waals surface area contributed by atoms with Gasteiger partial charge in [0.2, 0.25) is 15.9 Å². The van der Waals surface area contributed by atoms with E-state index in [1.807, 2.05) is 30.3 Å². The van der Waals surface area contributed by atoms with Gasteiger partial charge in [-0.25, -0.2) is 8.42 Å². The van der Waals surface area contributed by atoms with Crippen LogP contribution in [0.1, 0.15) is 62.6 Å². The van der Waals surface area contributed by atoms with Crippen LogP contribution in [0.25, 0.3) is 0 Å². The number of benzene rings is 2. The molecule has 0 unspecified atom stereocenters. The highest BCUT2D eigenvalue weighted by molar-refractivity contribution is 7.89. The maximum atomic E-state index is 13.0. The second kappa shape index (κ2) is 9.13. The molecule has 2 fully saturated rings. The Morgan fingerprint density at radius 2 is 1.52 bits per heavy atom. The summed E-state index contributed by atoms with van der Waals surface area (Å²) in [6.45, 7) is 4.94. The van der Waals surface area contributed by atoms with E-state index in [1.54, 1.807) is 12.1 Å². The SMILES string of the molecule is CC(C)c1ccc(S(=O)(=O)N2CCC(C(=O)N[C@H](c3ccccc3)C3CC3)CC2)cc1. The second-order valence-electron chi connectivity index (χ2n) is 9.14. The summed E-state index contributed by atoms with van der Waals surface area (Å²) < 4.78 is 27.6. The molecule has 5 nitrogen and oxygen atoms in total. The summed E-state index contributed by atoms with van der Waals surface area (Å²) in [4.78, 5) is 13.3. The first-order valence-electron chi connectivity index (χ1n) is 11.3. The van der Waals surface area contributed by atoms with Crippen LogP contribution in [-0.2, 0) is 14.8 Å². The molecule has 6 heteroatoms. The lowest BCUT2D eigenvalue weighted by atomic mass is 9.95. The fourth-order valence-electron chi connectivity index (χ4n) is 4.37. The summed E-state index contributed by atoms with van der Waals surface area (Å²) in [6.07, 6.45) is 3.40. The number of nitrogens with one attached hydrogen (secondary N) is 1. The van der Waals surface area contributed by atoms with Gasteiger partial charge in [0.1, 0.15) is 0 Å². The predicted molar refractivity (Wildman–Crippen MR) is 122 cm³/mol. The van der Waals surface area contributed by atoms with Gasteiger partial charge in [0.15, 0.2) is 0 Å². The fourth-order valence-corrected chi connectivity index (χ4v) is 5.84. The van der Waals surface area contributed by atoms with Crippen molar-refractivity contribution in [3.05, 3.63) is 65.7 Å². The molecule has 4 rings (SSSR count). The van der Waals surface area contributed by atoms with Crippen LogP contribution in [0, 0.1) is 11.8 Å². The molecule has 166 valence electrons. The first kappa shape index (κ1) is 22.0. The van der Waals surface area contributed by atoms with Crippen LogP contribution in [0.5, 0.6) is 0 Å². The Bertz CT molecular complexity index is 991. The smallest absolute Gasteiger partial charge is 0.243 e. The minimum Gasteiger partial charge on any atom is -0.349 e. The molecular formula is C25H32N2O3S. The van der Waals surface area contributed by atoms with Gasteiger partial charge in [0.25, 0.3) is 0 Å². The van der Waals surface area contributed by atoms with Crippen molar-refractivity contribution in [2.24, 2.45) is 11.8 Å². The van der Waals surface area contributed by atoms with Crippen molar-refractivity contribution < 1.29 is 13.2 Å². The third-order valence-corrected chi connectivity index (χ3v) is 8.47. The van der Waals surface area contributed by atoms with E-state index < -0.39 is 10.0 Å². The van der Waals surface area contributed by atoms with Gasteiger partial charge in [-0.1, -0.05) is 56.3 Å². The fraction of sp³-hybridized carbons (Fsp3) is 0.480. The zero-order valence-corrected chi connectivity index (χ0v) is 19.1. The van der Waals surface area contributed by atoms with Crippen molar-refractivity contribution in [1.29, 1.82) is 0 Å². The molecule has 1 aliphatic heterocycles. The number of amides is 1. The summed E-state index contributed by atoms with van der Waals surface area (Å²) in [5, 5.41) is 3.26. The van der Waals surface area contributed by atoms with Crippen molar-refractivity contribution in [3.8, 4) is 0 Å². The first-order chi connectivity index (χ1) is 14.9. The number of carbonyl (C=O) groups is 1. The molecule has 31 heavy (non-hydrogen) atoms. The lowest BCUT2D eigenvalue weighted by Crippen LogP contribution is -2.43. The van der Waals surface area contributed by atoms with E-state index in [1.165, 1.54) is 4.31 Å². The van der Waals surface area contributed by atoms with Crippen LogP contribution in [0.3, 0.4) is 0 Å². The number of sulfonamides is 1. The molecule has 1 atom stereocenters. The molecule has 1 amide bonds. The van der Waals surface area contributed by atoms with E-state index in [9.17, 15) is 13.2 Å². The normalized spacial score (nSPS) is 19.3.